The van der Waals surface area contributed by atoms with E-state index in [1.165, 1.54) is 18.2 Å². The van der Waals surface area contributed by atoms with E-state index in [4.69, 9.17) is 0 Å². The lowest BCUT2D eigenvalue weighted by atomic mass is 10.1. The number of aliphatic imine (C=N–C) groups is 1. The molecule has 1 heterocycles. The second-order valence-electron chi connectivity index (χ2n) is 5.88. The summed E-state index contributed by atoms with van der Waals surface area (Å²) in [7, 11) is 1.67. The number of hydrogen-bond acceptors (Lipinski definition) is 2. The van der Waals surface area contributed by atoms with E-state index in [2.05, 4.69) is 26.8 Å². The van der Waals surface area contributed by atoms with E-state index in [1.807, 2.05) is 18.5 Å². The fourth-order valence-electron chi connectivity index (χ4n) is 2.63. The molecule has 0 unspecified atom stereocenters. The molecule has 2 aromatic rings. The molecule has 0 saturated carbocycles. The molecule has 0 amide bonds. The van der Waals surface area contributed by atoms with Crippen molar-refractivity contribution in [1.29, 1.82) is 0 Å². The Hall–Kier alpha value is -2.44. The average molecular weight is 349 g/mol. The van der Waals surface area contributed by atoms with Crippen molar-refractivity contribution in [3.63, 3.8) is 0 Å². The minimum atomic E-state index is -0.519. The summed E-state index contributed by atoms with van der Waals surface area (Å²) in [6.45, 7) is 5.97. The van der Waals surface area contributed by atoms with Crippen LogP contribution in [0.15, 0.2) is 29.3 Å². The van der Waals surface area contributed by atoms with Crippen LogP contribution in [0.1, 0.15) is 23.4 Å². The summed E-state index contributed by atoms with van der Waals surface area (Å²) in [6.07, 6.45) is 1.15. The summed E-state index contributed by atoms with van der Waals surface area (Å²) < 4.78 is 29.1. The number of guanidine groups is 1. The topological polar surface area (TPSA) is 54.2 Å². The third-order valence-electron chi connectivity index (χ3n) is 3.90. The lowest BCUT2D eigenvalue weighted by Gasteiger charge is -2.12. The molecule has 0 aliphatic carbocycles. The molecule has 0 spiro atoms. The van der Waals surface area contributed by atoms with Gasteiger partial charge in [0.15, 0.2) is 5.96 Å². The van der Waals surface area contributed by atoms with Gasteiger partial charge in [-0.15, -0.1) is 0 Å². The second-order valence-corrected chi connectivity index (χ2v) is 5.88. The van der Waals surface area contributed by atoms with Gasteiger partial charge in [0, 0.05) is 37.9 Å². The van der Waals surface area contributed by atoms with Crippen molar-refractivity contribution in [2.45, 2.75) is 33.2 Å². The number of benzene rings is 1. The van der Waals surface area contributed by atoms with E-state index in [-0.39, 0.29) is 12.0 Å². The summed E-state index contributed by atoms with van der Waals surface area (Å²) in [5.74, 6) is -0.422. The van der Waals surface area contributed by atoms with Crippen molar-refractivity contribution >= 4 is 5.96 Å². The van der Waals surface area contributed by atoms with E-state index in [0.29, 0.717) is 12.5 Å². The zero-order valence-corrected chi connectivity index (χ0v) is 14.9. The van der Waals surface area contributed by atoms with Crippen LogP contribution in [0.3, 0.4) is 0 Å². The van der Waals surface area contributed by atoms with Gasteiger partial charge in [-0.05, 0) is 44.9 Å². The molecule has 0 atom stereocenters. The second kappa shape index (κ2) is 9.15. The number of aryl methyl sites for hydroxylation is 3. The van der Waals surface area contributed by atoms with Gasteiger partial charge in [0.2, 0.25) is 0 Å². The Balaban J connectivity index is 1.71. The van der Waals surface area contributed by atoms with Crippen LogP contribution >= 0.6 is 0 Å². The Kier molecular flexibility index (Phi) is 6.91. The maximum absolute atomic E-state index is 13.6. The first-order valence-corrected chi connectivity index (χ1v) is 8.39. The summed E-state index contributed by atoms with van der Waals surface area (Å²) in [6, 6.07) is 5.95. The van der Waals surface area contributed by atoms with Crippen molar-refractivity contribution in [1.82, 2.24) is 20.4 Å². The van der Waals surface area contributed by atoms with E-state index >= 15 is 0 Å². The minimum Gasteiger partial charge on any atom is -0.356 e. The highest BCUT2D eigenvalue weighted by atomic mass is 19.1. The largest absolute Gasteiger partial charge is 0.356 e. The fraction of sp³-hybridized carbons (Fsp3) is 0.444. The van der Waals surface area contributed by atoms with Crippen LogP contribution < -0.4 is 10.6 Å². The van der Waals surface area contributed by atoms with Crippen LogP contribution in [0, 0.1) is 25.5 Å². The monoisotopic (exact) mass is 349 g/mol. The number of halogens is 2. The minimum absolute atomic E-state index is 0.0926. The molecule has 25 heavy (non-hydrogen) atoms. The van der Waals surface area contributed by atoms with Crippen molar-refractivity contribution < 1.29 is 8.78 Å². The fourth-order valence-corrected chi connectivity index (χ4v) is 2.63. The zero-order valence-electron chi connectivity index (χ0n) is 14.9. The van der Waals surface area contributed by atoms with Gasteiger partial charge in [0.1, 0.15) is 11.6 Å². The lowest BCUT2D eigenvalue weighted by molar-refractivity contribution is 0.549. The molecule has 0 radical (unpaired) electrons. The number of aromatic nitrogens is 2. The highest BCUT2D eigenvalue weighted by Crippen LogP contribution is 2.11. The van der Waals surface area contributed by atoms with Gasteiger partial charge in [-0.25, -0.2) is 8.78 Å². The number of nitrogens with zero attached hydrogens (tertiary/aromatic N) is 3. The normalized spacial score (nSPS) is 11.6. The van der Waals surface area contributed by atoms with Crippen LogP contribution in [0.4, 0.5) is 8.78 Å². The first-order valence-electron chi connectivity index (χ1n) is 8.39. The molecule has 0 aliphatic heterocycles. The number of rotatable bonds is 7. The van der Waals surface area contributed by atoms with Crippen LogP contribution in [0.2, 0.25) is 0 Å². The standard InChI is InChI=1S/C18H25F2N5/c1-13-12-14(2)25(24-13)11-5-9-22-18(21-3)23-10-8-15-16(19)6-4-7-17(15)20/h4,6-7,12H,5,8-11H2,1-3H3,(H2,21,22,23). The van der Waals surface area contributed by atoms with Gasteiger partial charge in [-0.3, -0.25) is 9.67 Å². The molecule has 2 rings (SSSR count). The molecule has 5 nitrogen and oxygen atoms in total. The molecule has 0 aliphatic rings. The first-order chi connectivity index (χ1) is 12.0. The highest BCUT2D eigenvalue weighted by Gasteiger charge is 2.08. The Bertz CT molecular complexity index is 704. The molecule has 7 heteroatoms. The maximum Gasteiger partial charge on any atom is 0.190 e. The SMILES string of the molecule is CN=C(NCCCn1nc(C)cc1C)NCCc1c(F)cccc1F. The van der Waals surface area contributed by atoms with E-state index in [0.717, 1.165) is 30.9 Å². The van der Waals surface area contributed by atoms with Gasteiger partial charge in [0.05, 0.1) is 5.69 Å². The zero-order chi connectivity index (χ0) is 18.2. The van der Waals surface area contributed by atoms with Crippen LogP contribution in [-0.4, -0.2) is 35.9 Å². The summed E-state index contributed by atoms with van der Waals surface area (Å²) in [5, 5.41) is 10.7. The smallest absolute Gasteiger partial charge is 0.190 e. The molecule has 1 aromatic carbocycles. The Morgan fingerprint density at radius 1 is 1.16 bits per heavy atom. The van der Waals surface area contributed by atoms with Crippen LogP contribution in [-0.2, 0) is 13.0 Å². The molecule has 0 saturated heterocycles. The molecule has 0 bridgehead atoms. The Morgan fingerprint density at radius 2 is 1.84 bits per heavy atom. The molecular formula is C18H25F2N5. The van der Waals surface area contributed by atoms with Crippen molar-refractivity contribution in [3.8, 4) is 0 Å². The van der Waals surface area contributed by atoms with E-state index < -0.39 is 11.6 Å². The van der Waals surface area contributed by atoms with E-state index in [1.54, 1.807) is 7.05 Å². The number of hydrogen-bond donors (Lipinski definition) is 2. The van der Waals surface area contributed by atoms with Gasteiger partial charge < -0.3 is 10.6 Å². The summed E-state index contributed by atoms with van der Waals surface area (Å²) in [4.78, 5) is 4.11. The summed E-state index contributed by atoms with van der Waals surface area (Å²) in [5.41, 5.74) is 2.25. The maximum atomic E-state index is 13.6. The molecular weight excluding hydrogens is 324 g/mol. The highest BCUT2D eigenvalue weighted by molar-refractivity contribution is 5.79. The Morgan fingerprint density at radius 3 is 2.44 bits per heavy atom. The van der Waals surface area contributed by atoms with Gasteiger partial charge in [-0.2, -0.15) is 5.10 Å². The van der Waals surface area contributed by atoms with Crippen molar-refractivity contribution in [2.75, 3.05) is 20.1 Å². The average Bonchev–Trinajstić information content (AvgIpc) is 2.89. The Labute approximate surface area is 147 Å². The quantitative estimate of drug-likeness (QED) is 0.459. The first kappa shape index (κ1) is 18.9. The van der Waals surface area contributed by atoms with Crippen LogP contribution in [0.25, 0.3) is 0 Å². The molecule has 1 aromatic heterocycles. The van der Waals surface area contributed by atoms with Crippen molar-refractivity contribution in [3.05, 3.63) is 52.9 Å². The van der Waals surface area contributed by atoms with E-state index in [9.17, 15) is 8.78 Å². The predicted octanol–water partition coefficient (Wildman–Crippen LogP) is 2.58. The van der Waals surface area contributed by atoms with Gasteiger partial charge in [0.25, 0.3) is 0 Å². The van der Waals surface area contributed by atoms with Gasteiger partial charge >= 0.3 is 0 Å². The van der Waals surface area contributed by atoms with Crippen LogP contribution in [0.5, 0.6) is 0 Å². The molecule has 2 N–H and O–H groups in total. The molecule has 136 valence electrons. The third-order valence-corrected chi connectivity index (χ3v) is 3.90. The molecule has 0 fully saturated rings. The lowest BCUT2D eigenvalue weighted by Crippen LogP contribution is -2.39. The third kappa shape index (κ3) is 5.55. The number of nitrogens with one attached hydrogen (secondary N) is 2. The van der Waals surface area contributed by atoms with Gasteiger partial charge in [-0.1, -0.05) is 6.07 Å². The van der Waals surface area contributed by atoms with Crippen molar-refractivity contribution in [2.24, 2.45) is 4.99 Å². The summed E-state index contributed by atoms with van der Waals surface area (Å²) >= 11 is 0. The predicted molar refractivity (Wildman–Crippen MR) is 95.7 cm³/mol.